The van der Waals surface area contributed by atoms with Gasteiger partial charge in [-0.05, 0) is 77.1 Å². The van der Waals surface area contributed by atoms with Crippen LogP contribution in [-0.2, 0) is 31.0 Å². The summed E-state index contributed by atoms with van der Waals surface area (Å²) in [5.74, 6) is -0.189. The molecule has 0 spiro atoms. The zero-order valence-corrected chi connectivity index (χ0v) is 28.9. The van der Waals surface area contributed by atoms with Crippen LogP contribution in [0.1, 0.15) is 76.3 Å². The maximum Gasteiger partial charge on any atom is 0.415 e. The van der Waals surface area contributed by atoms with Gasteiger partial charge in [0, 0.05) is 50.0 Å². The number of nitrogens with one attached hydrogen (secondary N) is 2. The van der Waals surface area contributed by atoms with Gasteiger partial charge >= 0.3 is 6.09 Å². The quantitative estimate of drug-likeness (QED) is 0.0824. The number of carbonyl (C=O) groups is 4. The molecule has 2 aliphatic carbocycles. The van der Waals surface area contributed by atoms with E-state index in [9.17, 15) is 24.3 Å². The molecular weight excluding hydrogens is 632 g/mol. The molecule has 1 fully saturated rings. The Morgan fingerprint density at radius 3 is 2.69 bits per heavy atom. The van der Waals surface area contributed by atoms with Gasteiger partial charge in [-0.2, -0.15) is 0 Å². The second-order valence-corrected chi connectivity index (χ2v) is 13.8. The highest BCUT2D eigenvalue weighted by Gasteiger charge is 2.67. The van der Waals surface area contributed by atoms with Crippen LogP contribution in [0.5, 0.6) is 11.5 Å². The third-order valence-electron chi connectivity index (χ3n) is 10.7. The molecule has 1 aromatic carbocycles. The number of nitrogens with two attached hydrogens (primary N) is 2. The van der Waals surface area contributed by atoms with Crippen molar-refractivity contribution < 1.29 is 38.5 Å². The molecule has 49 heavy (non-hydrogen) atoms. The number of benzene rings is 1. The molecule has 1 unspecified atom stereocenters. The van der Waals surface area contributed by atoms with Gasteiger partial charge in [-0.3, -0.25) is 19.4 Å². The molecule has 2 amide bonds. The van der Waals surface area contributed by atoms with Gasteiger partial charge in [0.1, 0.15) is 17.3 Å². The monoisotopic (exact) mass is 682 g/mol. The molecule has 2 heterocycles. The van der Waals surface area contributed by atoms with Crippen LogP contribution in [0.25, 0.3) is 0 Å². The van der Waals surface area contributed by atoms with Crippen LogP contribution in [0.2, 0.25) is 0 Å². The molecule has 6 atom stereocenters. The molecule has 5 rings (SSSR count). The van der Waals surface area contributed by atoms with E-state index >= 15 is 0 Å². The van der Waals surface area contributed by atoms with Crippen molar-refractivity contribution in [3.8, 4) is 11.5 Å². The molecule has 1 aromatic rings. The number of aliphatic imine (C=N–C) groups is 1. The largest absolute Gasteiger partial charge is 0.493 e. The summed E-state index contributed by atoms with van der Waals surface area (Å²) in [7, 11) is 3.40. The van der Waals surface area contributed by atoms with Crippen LogP contribution < -0.4 is 31.6 Å². The number of methoxy groups -OCH3 is 1. The number of hydrogen-bond acceptors (Lipinski definition) is 10. The third kappa shape index (κ3) is 6.98. The highest BCUT2D eigenvalue weighted by atomic mass is 16.6. The van der Waals surface area contributed by atoms with Crippen molar-refractivity contribution >= 4 is 29.5 Å². The lowest BCUT2D eigenvalue weighted by molar-refractivity contribution is -0.132. The number of piperidine rings is 1. The number of Topliss-reactive ketones (excluding diaryl/α,β-unsaturated/α-hetero) is 2. The normalized spacial score (nSPS) is 27.2. The first kappa shape index (κ1) is 36.1. The summed E-state index contributed by atoms with van der Waals surface area (Å²) in [5, 5.41) is 18.5. The van der Waals surface area contributed by atoms with Gasteiger partial charge in [0.25, 0.3) is 0 Å². The molecule has 14 nitrogen and oxygen atoms in total. The number of likely N-dealkylation sites (tertiary alicyclic amines) is 1. The number of ketones is 2. The minimum atomic E-state index is -1.21. The third-order valence-corrected chi connectivity index (χ3v) is 10.7. The van der Waals surface area contributed by atoms with E-state index in [1.807, 2.05) is 26.1 Å². The second-order valence-electron chi connectivity index (χ2n) is 13.8. The Hall–Kier alpha value is -4.17. The zero-order chi connectivity index (χ0) is 35.5. The van der Waals surface area contributed by atoms with Crippen molar-refractivity contribution in [2.45, 2.75) is 101 Å². The lowest BCUT2D eigenvalue weighted by atomic mass is 9.54. The molecule has 0 aromatic heterocycles. The van der Waals surface area contributed by atoms with Crippen molar-refractivity contribution in [2.75, 3.05) is 33.8 Å². The Kier molecular flexibility index (Phi) is 10.9. The molecule has 14 heteroatoms. The van der Waals surface area contributed by atoms with Crippen LogP contribution in [0.3, 0.4) is 0 Å². The van der Waals surface area contributed by atoms with E-state index < -0.39 is 29.1 Å². The minimum absolute atomic E-state index is 0.0545. The van der Waals surface area contributed by atoms with Gasteiger partial charge < -0.3 is 46.3 Å². The minimum Gasteiger partial charge on any atom is -0.493 e. The Bertz CT molecular complexity index is 1530. The molecule has 0 bridgehead atoms. The van der Waals surface area contributed by atoms with Gasteiger partial charge in [0.2, 0.25) is 5.91 Å². The van der Waals surface area contributed by atoms with E-state index in [0.29, 0.717) is 56.0 Å². The Morgan fingerprint density at radius 2 is 2.00 bits per heavy atom. The molecule has 4 aliphatic rings. The SMILES string of the molecule is CN[C@@H]1Cc2ccc(OC)c3c2[C@@]2(C)[C@@H](O3)C(OC(=O)N3CCCCC3CNC(=O)[C@H](CCCN=C(N)N)CC(=O)CC(C)=O)=CC[C@@]12O. The van der Waals surface area contributed by atoms with Crippen LogP contribution in [0.15, 0.2) is 29.0 Å². The lowest BCUT2D eigenvalue weighted by Crippen LogP contribution is -2.69. The highest BCUT2D eigenvalue weighted by Crippen LogP contribution is 2.61. The summed E-state index contributed by atoms with van der Waals surface area (Å²) >= 11 is 0. The summed E-state index contributed by atoms with van der Waals surface area (Å²) in [6.07, 6.45) is 4.10. The number of hydrogen-bond donors (Lipinski definition) is 5. The predicted octanol–water partition coefficient (Wildman–Crippen LogP) is 1.59. The topological polar surface area (TPSA) is 208 Å². The van der Waals surface area contributed by atoms with Crippen molar-refractivity contribution in [3.05, 3.63) is 35.1 Å². The van der Waals surface area contributed by atoms with Crippen molar-refractivity contribution in [2.24, 2.45) is 22.4 Å². The number of aliphatic hydroxyl groups is 1. The average molecular weight is 683 g/mol. The van der Waals surface area contributed by atoms with E-state index in [1.54, 1.807) is 18.1 Å². The fraction of sp³-hybridized carbons (Fsp3) is 0.629. The number of guanidine groups is 1. The molecule has 7 N–H and O–H groups in total. The van der Waals surface area contributed by atoms with Crippen LogP contribution in [-0.4, -0.2) is 97.1 Å². The van der Waals surface area contributed by atoms with Gasteiger partial charge in [0.05, 0.1) is 30.6 Å². The van der Waals surface area contributed by atoms with Gasteiger partial charge in [-0.25, -0.2) is 4.79 Å². The van der Waals surface area contributed by atoms with Crippen LogP contribution in [0.4, 0.5) is 4.79 Å². The number of carbonyl (C=O) groups excluding carboxylic acids is 4. The summed E-state index contributed by atoms with van der Waals surface area (Å²) in [5.41, 5.74) is 10.6. The second kappa shape index (κ2) is 14.8. The van der Waals surface area contributed by atoms with E-state index in [1.165, 1.54) is 6.92 Å². The zero-order valence-electron chi connectivity index (χ0n) is 28.9. The van der Waals surface area contributed by atoms with Gasteiger partial charge in [-0.1, -0.05) is 6.07 Å². The van der Waals surface area contributed by atoms with E-state index in [4.69, 9.17) is 25.7 Å². The smallest absolute Gasteiger partial charge is 0.415 e. The first-order valence-electron chi connectivity index (χ1n) is 17.1. The summed E-state index contributed by atoms with van der Waals surface area (Å²) in [6.45, 7) is 4.22. The Morgan fingerprint density at radius 1 is 1.22 bits per heavy atom. The highest BCUT2D eigenvalue weighted by molar-refractivity contribution is 5.99. The fourth-order valence-electron chi connectivity index (χ4n) is 8.15. The maximum atomic E-state index is 13.9. The molecule has 268 valence electrons. The maximum absolute atomic E-state index is 13.9. The molecule has 1 saturated heterocycles. The van der Waals surface area contributed by atoms with Crippen LogP contribution >= 0.6 is 0 Å². The Balaban J connectivity index is 1.29. The number of rotatable bonds is 14. The summed E-state index contributed by atoms with van der Waals surface area (Å²) in [4.78, 5) is 56.8. The first-order chi connectivity index (χ1) is 23.3. The van der Waals surface area contributed by atoms with Crippen molar-refractivity contribution in [1.29, 1.82) is 0 Å². The predicted molar refractivity (Wildman–Crippen MR) is 181 cm³/mol. The van der Waals surface area contributed by atoms with Crippen molar-refractivity contribution in [1.82, 2.24) is 15.5 Å². The van der Waals surface area contributed by atoms with Crippen LogP contribution in [0, 0.1) is 5.92 Å². The number of ether oxygens (including phenoxy) is 3. The average Bonchev–Trinajstić information content (AvgIpc) is 3.40. The number of likely N-dealkylation sites (N-methyl/N-ethyl adjacent to an activating group) is 1. The van der Waals surface area contributed by atoms with E-state index in [-0.39, 0.29) is 61.3 Å². The standard InChI is InChI=1S/C35H50N6O8/c1-20(42)16-24(43)17-22(8-7-14-39-32(36)37)31(44)40-19-23-9-5-6-15-41(23)33(45)48-26-12-13-35(46)27(38-3)18-21-10-11-25(47-4)29-28(21)34(35,2)30(26)49-29/h10-12,22-23,27,30,38,46H,5-9,13-19H2,1-4H3,(H,40,44)(H4,36,37,39)/t22-,23?,27-,30+,34+,35-/m1/s1. The lowest BCUT2D eigenvalue weighted by Gasteiger charge is -2.54. The fourth-order valence-corrected chi connectivity index (χ4v) is 8.15. The molecular formula is C35H50N6O8. The first-order valence-corrected chi connectivity index (χ1v) is 17.1. The number of amides is 2. The van der Waals surface area contributed by atoms with Gasteiger partial charge in [-0.15, -0.1) is 0 Å². The van der Waals surface area contributed by atoms with E-state index in [2.05, 4.69) is 15.6 Å². The Labute approximate surface area is 287 Å². The molecule has 0 radical (unpaired) electrons. The summed E-state index contributed by atoms with van der Waals surface area (Å²) in [6, 6.07) is 3.27. The molecule has 2 aliphatic heterocycles. The summed E-state index contributed by atoms with van der Waals surface area (Å²) < 4.78 is 18.3. The van der Waals surface area contributed by atoms with E-state index in [0.717, 1.165) is 24.0 Å². The van der Waals surface area contributed by atoms with Crippen molar-refractivity contribution in [3.63, 3.8) is 0 Å². The number of nitrogens with zero attached hydrogens (tertiary/aromatic N) is 2. The van der Waals surface area contributed by atoms with Gasteiger partial charge in [0.15, 0.2) is 23.6 Å². The molecule has 0 saturated carbocycles.